The fourth-order valence-electron chi connectivity index (χ4n) is 2.74. The van der Waals surface area contributed by atoms with E-state index in [0.29, 0.717) is 5.56 Å². The van der Waals surface area contributed by atoms with Crippen molar-refractivity contribution in [3.63, 3.8) is 0 Å². The molecule has 0 amide bonds. The van der Waals surface area contributed by atoms with Crippen molar-refractivity contribution in [1.82, 2.24) is 0 Å². The van der Waals surface area contributed by atoms with Gasteiger partial charge in [-0.05, 0) is 18.1 Å². The molecule has 0 N–H and O–H groups in total. The van der Waals surface area contributed by atoms with E-state index in [-0.39, 0.29) is 17.9 Å². The molecule has 22 heavy (non-hydrogen) atoms. The van der Waals surface area contributed by atoms with E-state index in [2.05, 4.69) is 0 Å². The average Bonchev–Trinajstić information content (AvgIpc) is 2.76. The molecule has 0 aromatic heterocycles. The third kappa shape index (κ3) is 3.65. The topological polar surface area (TPSA) is 61.8 Å². The predicted molar refractivity (Wildman–Crippen MR) is 80.1 cm³/mol. The van der Waals surface area contributed by atoms with Crippen LogP contribution in [0.25, 0.3) is 0 Å². The summed E-state index contributed by atoms with van der Waals surface area (Å²) >= 11 is 0. The Morgan fingerprint density at radius 1 is 1.14 bits per heavy atom. The highest BCUT2D eigenvalue weighted by atomic mass is 16.7. The summed E-state index contributed by atoms with van der Waals surface area (Å²) in [6, 6.07) is 8.74. The van der Waals surface area contributed by atoms with Crippen LogP contribution in [0.2, 0.25) is 0 Å². The maximum Gasteiger partial charge on any atom is 0.338 e. The first kappa shape index (κ1) is 16.5. The maximum absolute atomic E-state index is 12.2. The largest absolute Gasteiger partial charge is 0.452 e. The molecule has 0 saturated carbocycles. The summed E-state index contributed by atoms with van der Waals surface area (Å²) in [6.45, 7) is 7.30. The van der Waals surface area contributed by atoms with Gasteiger partial charge in [-0.15, -0.1) is 0 Å². The van der Waals surface area contributed by atoms with Gasteiger partial charge in [0.05, 0.1) is 11.7 Å². The van der Waals surface area contributed by atoms with E-state index in [1.165, 1.54) is 6.92 Å². The molecule has 1 aromatic carbocycles. The Balaban J connectivity index is 2.14. The fraction of sp³-hybridized carbons (Fsp3) is 0.529. The van der Waals surface area contributed by atoms with Gasteiger partial charge in [-0.25, -0.2) is 4.79 Å². The Labute approximate surface area is 130 Å². The van der Waals surface area contributed by atoms with Gasteiger partial charge in [-0.2, -0.15) is 0 Å². The number of carbonyl (C=O) groups is 2. The zero-order valence-corrected chi connectivity index (χ0v) is 13.3. The summed E-state index contributed by atoms with van der Waals surface area (Å²) in [7, 11) is 0. The lowest BCUT2D eigenvalue weighted by Crippen LogP contribution is -2.34. The maximum atomic E-state index is 12.2. The number of carbonyl (C=O) groups excluding carboxylic acids is 2. The standard InChI is InChI=1S/C17H22O5/c1-10(2)14-11(3)15(17(22-14)20-12(4)18)21-16(19)13-8-6-5-7-9-13/h5-11,14-15,17H,1-4H3/t11-,14-,15-,17?/m1/s1. The molecule has 5 nitrogen and oxygen atoms in total. The number of esters is 2. The highest BCUT2D eigenvalue weighted by Gasteiger charge is 2.47. The van der Waals surface area contributed by atoms with Crippen LogP contribution in [0.4, 0.5) is 0 Å². The molecule has 5 heteroatoms. The van der Waals surface area contributed by atoms with E-state index < -0.39 is 24.3 Å². The van der Waals surface area contributed by atoms with Gasteiger partial charge in [0, 0.05) is 12.8 Å². The van der Waals surface area contributed by atoms with Gasteiger partial charge in [0.15, 0.2) is 6.10 Å². The summed E-state index contributed by atoms with van der Waals surface area (Å²) in [4.78, 5) is 23.5. The van der Waals surface area contributed by atoms with E-state index in [4.69, 9.17) is 14.2 Å². The van der Waals surface area contributed by atoms with E-state index in [0.717, 1.165) is 0 Å². The number of hydrogen-bond donors (Lipinski definition) is 0. The lowest BCUT2D eigenvalue weighted by atomic mass is 9.93. The lowest BCUT2D eigenvalue weighted by Gasteiger charge is -2.21. The summed E-state index contributed by atoms with van der Waals surface area (Å²) in [5.74, 6) is -0.726. The minimum absolute atomic E-state index is 0.0583. The van der Waals surface area contributed by atoms with E-state index in [9.17, 15) is 9.59 Å². The Hall–Kier alpha value is -1.88. The number of ether oxygens (including phenoxy) is 3. The average molecular weight is 306 g/mol. The molecule has 0 aliphatic carbocycles. The lowest BCUT2D eigenvalue weighted by molar-refractivity contribution is -0.188. The SMILES string of the molecule is CC(=O)OC1O[C@H](C(C)C)[C@@H](C)[C@H]1OC(=O)c1ccccc1. The highest BCUT2D eigenvalue weighted by molar-refractivity contribution is 5.89. The molecule has 2 rings (SSSR count). The second-order valence-electron chi connectivity index (χ2n) is 5.92. The second kappa shape index (κ2) is 6.92. The van der Waals surface area contributed by atoms with E-state index in [1.54, 1.807) is 24.3 Å². The van der Waals surface area contributed by atoms with Gasteiger partial charge in [0.1, 0.15) is 0 Å². The van der Waals surface area contributed by atoms with Crippen LogP contribution >= 0.6 is 0 Å². The molecule has 1 aliphatic rings. The Kier molecular flexibility index (Phi) is 5.19. The molecule has 4 atom stereocenters. The number of benzene rings is 1. The minimum atomic E-state index is -0.854. The van der Waals surface area contributed by atoms with Crippen LogP contribution in [0.3, 0.4) is 0 Å². The first-order valence-electron chi connectivity index (χ1n) is 7.49. The van der Waals surface area contributed by atoms with Crippen LogP contribution in [-0.2, 0) is 19.0 Å². The minimum Gasteiger partial charge on any atom is -0.452 e. The molecular formula is C17H22O5. The van der Waals surface area contributed by atoms with Gasteiger partial charge in [0.2, 0.25) is 6.29 Å². The molecule has 1 saturated heterocycles. The Bertz CT molecular complexity index is 525. The summed E-state index contributed by atoms with van der Waals surface area (Å²) in [5, 5.41) is 0. The van der Waals surface area contributed by atoms with Crippen molar-refractivity contribution in [3.05, 3.63) is 35.9 Å². The van der Waals surface area contributed by atoms with Crippen molar-refractivity contribution in [2.24, 2.45) is 11.8 Å². The van der Waals surface area contributed by atoms with E-state index >= 15 is 0 Å². The monoisotopic (exact) mass is 306 g/mol. The molecule has 1 unspecified atom stereocenters. The number of rotatable bonds is 4. The third-order valence-corrected chi connectivity index (χ3v) is 3.79. The molecule has 1 fully saturated rings. The zero-order chi connectivity index (χ0) is 16.3. The Morgan fingerprint density at radius 3 is 2.32 bits per heavy atom. The van der Waals surface area contributed by atoms with Crippen LogP contribution in [0.15, 0.2) is 30.3 Å². The third-order valence-electron chi connectivity index (χ3n) is 3.79. The molecule has 1 aliphatic heterocycles. The number of hydrogen-bond acceptors (Lipinski definition) is 5. The fourth-order valence-corrected chi connectivity index (χ4v) is 2.74. The smallest absolute Gasteiger partial charge is 0.338 e. The molecule has 0 spiro atoms. The Morgan fingerprint density at radius 2 is 1.77 bits per heavy atom. The molecular weight excluding hydrogens is 284 g/mol. The van der Waals surface area contributed by atoms with Crippen molar-refractivity contribution in [2.75, 3.05) is 0 Å². The molecule has 0 bridgehead atoms. The summed E-state index contributed by atoms with van der Waals surface area (Å²) in [6.07, 6.45) is -1.59. The molecule has 0 radical (unpaired) electrons. The molecule has 1 aromatic rings. The van der Waals surface area contributed by atoms with Crippen LogP contribution < -0.4 is 0 Å². The summed E-state index contributed by atoms with van der Waals surface area (Å²) < 4.78 is 16.5. The van der Waals surface area contributed by atoms with Crippen LogP contribution in [0, 0.1) is 11.8 Å². The van der Waals surface area contributed by atoms with Gasteiger partial charge < -0.3 is 14.2 Å². The normalized spacial score (nSPS) is 27.7. The predicted octanol–water partition coefficient (Wildman–Crippen LogP) is 2.79. The second-order valence-corrected chi connectivity index (χ2v) is 5.92. The quantitative estimate of drug-likeness (QED) is 0.800. The van der Waals surface area contributed by atoms with Crippen LogP contribution in [0.5, 0.6) is 0 Å². The molecule has 120 valence electrons. The first-order chi connectivity index (χ1) is 10.4. The first-order valence-corrected chi connectivity index (χ1v) is 7.49. The van der Waals surface area contributed by atoms with Gasteiger partial charge in [-0.1, -0.05) is 39.0 Å². The van der Waals surface area contributed by atoms with Crippen molar-refractivity contribution in [1.29, 1.82) is 0 Å². The van der Waals surface area contributed by atoms with Crippen molar-refractivity contribution in [2.45, 2.75) is 46.2 Å². The zero-order valence-electron chi connectivity index (χ0n) is 13.3. The van der Waals surface area contributed by atoms with Crippen LogP contribution in [0.1, 0.15) is 38.1 Å². The molecule has 1 heterocycles. The van der Waals surface area contributed by atoms with Crippen molar-refractivity contribution in [3.8, 4) is 0 Å². The van der Waals surface area contributed by atoms with Gasteiger partial charge in [0.25, 0.3) is 0 Å². The van der Waals surface area contributed by atoms with Gasteiger partial charge >= 0.3 is 11.9 Å². The van der Waals surface area contributed by atoms with Crippen molar-refractivity contribution < 1.29 is 23.8 Å². The van der Waals surface area contributed by atoms with Crippen molar-refractivity contribution >= 4 is 11.9 Å². The van der Waals surface area contributed by atoms with E-state index in [1.807, 2.05) is 26.8 Å². The summed E-state index contributed by atoms with van der Waals surface area (Å²) in [5.41, 5.74) is 0.462. The van der Waals surface area contributed by atoms with Gasteiger partial charge in [-0.3, -0.25) is 4.79 Å². The highest BCUT2D eigenvalue weighted by Crippen LogP contribution is 2.34. The van der Waals surface area contributed by atoms with Crippen LogP contribution in [-0.4, -0.2) is 30.4 Å².